The normalized spacial score (nSPS) is 19.7. The summed E-state index contributed by atoms with van der Waals surface area (Å²) in [4.78, 5) is 30.5. The van der Waals surface area contributed by atoms with Crippen LogP contribution in [0.3, 0.4) is 0 Å². The summed E-state index contributed by atoms with van der Waals surface area (Å²) in [6, 6.07) is 2.23. The predicted octanol–water partition coefficient (Wildman–Crippen LogP) is 2.08. The highest BCUT2D eigenvalue weighted by atomic mass is 19.4. The monoisotopic (exact) mass is 327 g/mol. The van der Waals surface area contributed by atoms with Crippen LogP contribution >= 0.6 is 0 Å². The van der Waals surface area contributed by atoms with Crippen LogP contribution in [0.4, 0.5) is 18.9 Å². The Morgan fingerprint density at radius 3 is 2.57 bits per heavy atom. The van der Waals surface area contributed by atoms with E-state index in [1.54, 1.807) is 0 Å². The van der Waals surface area contributed by atoms with Crippen molar-refractivity contribution in [1.29, 1.82) is 0 Å². The third kappa shape index (κ3) is 3.16. The Hall–Kier alpha value is -2.12. The van der Waals surface area contributed by atoms with Gasteiger partial charge in [0.2, 0.25) is 11.8 Å². The zero-order valence-corrected chi connectivity index (χ0v) is 12.3. The number of pyridine rings is 1. The van der Waals surface area contributed by atoms with Crippen LogP contribution in [0.5, 0.6) is 0 Å². The van der Waals surface area contributed by atoms with E-state index in [4.69, 9.17) is 0 Å². The van der Waals surface area contributed by atoms with Crippen LogP contribution in [-0.2, 0) is 15.8 Å². The van der Waals surface area contributed by atoms with Gasteiger partial charge in [-0.2, -0.15) is 13.2 Å². The molecular formula is C15H16F3N3O2. The van der Waals surface area contributed by atoms with E-state index < -0.39 is 11.9 Å². The Morgan fingerprint density at radius 2 is 2.00 bits per heavy atom. The number of carbonyl (C=O) groups is 2. The Kier molecular flexibility index (Phi) is 3.99. The summed E-state index contributed by atoms with van der Waals surface area (Å²) < 4.78 is 38.1. The average Bonchev–Trinajstić information content (AvgIpc) is 2.44. The van der Waals surface area contributed by atoms with Crippen molar-refractivity contribution in [2.45, 2.75) is 25.4 Å². The molecule has 3 rings (SSSR count). The van der Waals surface area contributed by atoms with E-state index in [-0.39, 0.29) is 36.5 Å². The van der Waals surface area contributed by atoms with Crippen LogP contribution < -0.4 is 4.90 Å². The number of piperazine rings is 1. The molecule has 0 atom stereocenters. The lowest BCUT2D eigenvalue weighted by Gasteiger charge is -2.37. The van der Waals surface area contributed by atoms with E-state index >= 15 is 0 Å². The molecule has 2 aliphatic rings. The summed E-state index contributed by atoms with van der Waals surface area (Å²) in [7, 11) is 0. The largest absolute Gasteiger partial charge is 0.433 e. The van der Waals surface area contributed by atoms with Crippen molar-refractivity contribution in [3.05, 3.63) is 24.0 Å². The molecule has 23 heavy (non-hydrogen) atoms. The van der Waals surface area contributed by atoms with Gasteiger partial charge in [0.05, 0.1) is 0 Å². The fourth-order valence-corrected chi connectivity index (χ4v) is 2.79. The zero-order chi connectivity index (χ0) is 16.6. The van der Waals surface area contributed by atoms with E-state index in [0.717, 1.165) is 31.5 Å². The molecule has 2 amide bonds. The molecule has 0 bridgehead atoms. The van der Waals surface area contributed by atoms with Crippen LogP contribution in [0.1, 0.15) is 25.0 Å². The van der Waals surface area contributed by atoms with Crippen molar-refractivity contribution < 1.29 is 22.8 Å². The highest BCUT2D eigenvalue weighted by Crippen LogP contribution is 2.31. The van der Waals surface area contributed by atoms with Gasteiger partial charge >= 0.3 is 6.18 Å². The summed E-state index contributed by atoms with van der Waals surface area (Å²) in [5, 5.41) is 0. The van der Waals surface area contributed by atoms with Gasteiger partial charge in [-0.25, -0.2) is 0 Å². The maximum atomic E-state index is 12.7. The second kappa shape index (κ2) is 5.82. The molecule has 1 saturated heterocycles. The third-order valence-corrected chi connectivity index (χ3v) is 4.33. The van der Waals surface area contributed by atoms with E-state index in [1.165, 1.54) is 15.9 Å². The smallest absolute Gasteiger partial charge is 0.331 e. The van der Waals surface area contributed by atoms with Crippen LogP contribution in [0.2, 0.25) is 0 Å². The SMILES string of the molecule is O=C(C1CCC1)N1CCN(c2ccnc(C(F)(F)F)c2)C(=O)C1. The van der Waals surface area contributed by atoms with Gasteiger partial charge in [-0.15, -0.1) is 0 Å². The number of amides is 2. The van der Waals surface area contributed by atoms with E-state index in [0.29, 0.717) is 6.54 Å². The highest BCUT2D eigenvalue weighted by molar-refractivity contribution is 5.98. The first-order valence-electron chi connectivity index (χ1n) is 7.48. The second-order valence-electron chi connectivity index (χ2n) is 5.83. The molecule has 124 valence electrons. The summed E-state index contributed by atoms with van der Waals surface area (Å²) in [5.41, 5.74) is -0.871. The van der Waals surface area contributed by atoms with Crippen LogP contribution in [0.25, 0.3) is 0 Å². The molecule has 0 aromatic carbocycles. The molecule has 1 aliphatic carbocycles. The molecule has 2 heterocycles. The van der Waals surface area contributed by atoms with Crippen LogP contribution in [0, 0.1) is 5.92 Å². The number of halogens is 3. The Labute approximate surface area is 131 Å². The van der Waals surface area contributed by atoms with Crippen molar-refractivity contribution in [3.8, 4) is 0 Å². The van der Waals surface area contributed by atoms with Crippen molar-refractivity contribution in [2.24, 2.45) is 5.92 Å². The Morgan fingerprint density at radius 1 is 1.26 bits per heavy atom. The van der Waals surface area contributed by atoms with Gasteiger partial charge in [0.25, 0.3) is 0 Å². The summed E-state index contributed by atoms with van der Waals surface area (Å²) in [6.07, 6.45) is -0.779. The molecule has 2 fully saturated rings. The topological polar surface area (TPSA) is 53.5 Å². The first-order chi connectivity index (χ1) is 10.9. The molecule has 0 N–H and O–H groups in total. The van der Waals surface area contributed by atoms with E-state index in [1.807, 2.05) is 0 Å². The lowest BCUT2D eigenvalue weighted by atomic mass is 9.84. The third-order valence-electron chi connectivity index (χ3n) is 4.33. The van der Waals surface area contributed by atoms with Gasteiger partial charge < -0.3 is 9.80 Å². The number of hydrogen-bond donors (Lipinski definition) is 0. The summed E-state index contributed by atoms with van der Waals surface area (Å²) in [6.45, 7) is 0.447. The molecule has 0 radical (unpaired) electrons. The first kappa shape index (κ1) is 15.8. The minimum absolute atomic E-state index is 0.00658. The lowest BCUT2D eigenvalue weighted by molar-refractivity contribution is -0.142. The standard InChI is InChI=1S/C15H16F3N3O2/c16-15(17,18)12-8-11(4-5-19-12)21-7-6-20(9-13(21)22)14(23)10-2-1-3-10/h4-5,8,10H,1-3,6-7,9H2. The fourth-order valence-electron chi connectivity index (χ4n) is 2.79. The predicted molar refractivity (Wildman–Crippen MR) is 75.5 cm³/mol. The maximum absolute atomic E-state index is 12.7. The van der Waals surface area contributed by atoms with Crippen molar-refractivity contribution in [3.63, 3.8) is 0 Å². The summed E-state index contributed by atoms with van der Waals surface area (Å²) >= 11 is 0. The quantitative estimate of drug-likeness (QED) is 0.836. The number of nitrogens with zero attached hydrogens (tertiary/aromatic N) is 3. The maximum Gasteiger partial charge on any atom is 0.433 e. The molecule has 1 saturated carbocycles. The van der Waals surface area contributed by atoms with Gasteiger partial charge in [-0.3, -0.25) is 14.6 Å². The minimum Gasteiger partial charge on any atom is -0.331 e. The molecule has 8 heteroatoms. The van der Waals surface area contributed by atoms with Gasteiger partial charge in [-0.05, 0) is 25.0 Å². The molecule has 0 spiro atoms. The van der Waals surface area contributed by atoms with E-state index in [2.05, 4.69) is 4.98 Å². The van der Waals surface area contributed by atoms with Crippen LogP contribution in [0.15, 0.2) is 18.3 Å². The summed E-state index contributed by atoms with van der Waals surface area (Å²) in [5.74, 6) is -0.384. The zero-order valence-electron chi connectivity index (χ0n) is 12.3. The number of carbonyl (C=O) groups excluding carboxylic acids is 2. The first-order valence-corrected chi connectivity index (χ1v) is 7.48. The molecule has 1 aromatic rings. The second-order valence-corrected chi connectivity index (χ2v) is 5.83. The Bertz CT molecular complexity index is 629. The Balaban J connectivity index is 1.71. The highest BCUT2D eigenvalue weighted by Gasteiger charge is 2.36. The van der Waals surface area contributed by atoms with Gasteiger partial charge in [-0.1, -0.05) is 6.42 Å². The number of hydrogen-bond acceptors (Lipinski definition) is 3. The molecule has 5 nitrogen and oxygen atoms in total. The van der Waals surface area contributed by atoms with Gasteiger partial charge in [0.15, 0.2) is 0 Å². The fraction of sp³-hybridized carbons (Fsp3) is 0.533. The lowest BCUT2D eigenvalue weighted by Crippen LogP contribution is -2.54. The van der Waals surface area contributed by atoms with Crippen molar-refractivity contribution >= 4 is 17.5 Å². The van der Waals surface area contributed by atoms with Gasteiger partial charge in [0.1, 0.15) is 12.2 Å². The van der Waals surface area contributed by atoms with Gasteiger partial charge in [0, 0.05) is 30.9 Å². The minimum atomic E-state index is -4.55. The average molecular weight is 327 g/mol. The van der Waals surface area contributed by atoms with Crippen molar-refractivity contribution in [1.82, 2.24) is 9.88 Å². The molecule has 1 aromatic heterocycles. The molecular weight excluding hydrogens is 311 g/mol. The number of anilines is 1. The molecule has 0 unspecified atom stereocenters. The number of rotatable bonds is 2. The number of aromatic nitrogens is 1. The number of alkyl halides is 3. The van der Waals surface area contributed by atoms with E-state index in [9.17, 15) is 22.8 Å². The van der Waals surface area contributed by atoms with Crippen LogP contribution in [-0.4, -0.2) is 41.3 Å². The van der Waals surface area contributed by atoms with Crippen molar-refractivity contribution in [2.75, 3.05) is 24.5 Å². The molecule has 1 aliphatic heterocycles.